The number of carbonyl (C=O) groups is 2. The van der Waals surface area contributed by atoms with Crippen LogP contribution in [0.25, 0.3) is 0 Å². The molecule has 0 bridgehead atoms. The molecular weight excluding hydrogens is 234 g/mol. The van der Waals surface area contributed by atoms with Gasteiger partial charge < -0.3 is 14.7 Å². The molecule has 5 heteroatoms. The molecule has 0 aromatic heterocycles. The number of carbonyl (C=O) groups excluding carboxylic acids is 1. The minimum atomic E-state index is -0.813. The number of aliphatic carboxylic acids is 1. The van der Waals surface area contributed by atoms with Crippen LogP contribution in [0.3, 0.4) is 0 Å². The number of methoxy groups -OCH3 is 1. The third-order valence-corrected chi connectivity index (χ3v) is 3.86. The Balaban J connectivity index is 2.82. The van der Waals surface area contributed by atoms with Crippen LogP contribution in [-0.4, -0.2) is 47.7 Å². The molecule has 104 valence electrons. The van der Waals surface area contributed by atoms with E-state index in [0.29, 0.717) is 13.0 Å². The zero-order valence-corrected chi connectivity index (χ0v) is 11.5. The van der Waals surface area contributed by atoms with Gasteiger partial charge in [0.2, 0.25) is 5.91 Å². The Morgan fingerprint density at radius 1 is 1.56 bits per heavy atom. The Bertz CT molecular complexity index is 318. The summed E-state index contributed by atoms with van der Waals surface area (Å²) in [7, 11) is 1.62. The molecule has 1 rings (SSSR count). The van der Waals surface area contributed by atoms with Crippen molar-refractivity contribution in [2.45, 2.75) is 45.7 Å². The molecule has 5 nitrogen and oxygen atoms in total. The van der Waals surface area contributed by atoms with Crippen molar-refractivity contribution in [3.8, 4) is 0 Å². The molecule has 1 aliphatic rings. The molecule has 0 aromatic carbocycles. The molecule has 18 heavy (non-hydrogen) atoms. The fourth-order valence-corrected chi connectivity index (χ4v) is 2.91. The predicted molar refractivity (Wildman–Crippen MR) is 67.2 cm³/mol. The molecule has 4 atom stereocenters. The summed E-state index contributed by atoms with van der Waals surface area (Å²) >= 11 is 0. The highest BCUT2D eigenvalue weighted by Crippen LogP contribution is 2.31. The zero-order chi connectivity index (χ0) is 13.9. The SMILES string of the molecule is COCCC(C)N1C(=O)CC(C)C(C(=O)O)C1C. The second-order valence-electron chi connectivity index (χ2n) is 5.22. The average molecular weight is 257 g/mol. The van der Waals surface area contributed by atoms with Gasteiger partial charge in [0.1, 0.15) is 0 Å². The molecule has 1 aliphatic heterocycles. The molecule has 1 saturated heterocycles. The summed E-state index contributed by atoms with van der Waals surface area (Å²) in [6.45, 7) is 6.19. The van der Waals surface area contributed by atoms with E-state index in [0.717, 1.165) is 6.42 Å². The van der Waals surface area contributed by atoms with Gasteiger partial charge in [-0.25, -0.2) is 0 Å². The van der Waals surface area contributed by atoms with E-state index in [-0.39, 0.29) is 23.9 Å². The minimum absolute atomic E-state index is 0.0156. The van der Waals surface area contributed by atoms with Gasteiger partial charge >= 0.3 is 5.97 Å². The van der Waals surface area contributed by atoms with Crippen LogP contribution in [0.1, 0.15) is 33.6 Å². The van der Waals surface area contributed by atoms with Crippen LogP contribution >= 0.6 is 0 Å². The quantitative estimate of drug-likeness (QED) is 0.807. The highest BCUT2D eigenvalue weighted by molar-refractivity contribution is 5.82. The van der Waals surface area contributed by atoms with E-state index in [4.69, 9.17) is 4.74 Å². The summed E-state index contributed by atoms with van der Waals surface area (Å²) in [4.78, 5) is 25.1. The number of hydrogen-bond acceptors (Lipinski definition) is 3. The van der Waals surface area contributed by atoms with E-state index < -0.39 is 11.9 Å². The lowest BCUT2D eigenvalue weighted by atomic mass is 9.80. The number of carboxylic acid groups (broad SMARTS) is 1. The van der Waals surface area contributed by atoms with Crippen LogP contribution < -0.4 is 0 Å². The van der Waals surface area contributed by atoms with Crippen molar-refractivity contribution < 1.29 is 19.4 Å². The van der Waals surface area contributed by atoms with E-state index in [2.05, 4.69) is 0 Å². The van der Waals surface area contributed by atoms with E-state index in [1.54, 1.807) is 12.0 Å². The normalized spacial score (nSPS) is 30.3. The number of ether oxygens (including phenoxy) is 1. The molecule has 0 radical (unpaired) electrons. The van der Waals surface area contributed by atoms with Gasteiger partial charge in [0.25, 0.3) is 0 Å². The van der Waals surface area contributed by atoms with Gasteiger partial charge in [0.05, 0.1) is 5.92 Å². The monoisotopic (exact) mass is 257 g/mol. The van der Waals surface area contributed by atoms with Crippen LogP contribution in [0.4, 0.5) is 0 Å². The second kappa shape index (κ2) is 6.18. The Morgan fingerprint density at radius 2 is 2.17 bits per heavy atom. The molecule has 1 N–H and O–H groups in total. The Kier molecular flexibility index (Phi) is 5.14. The van der Waals surface area contributed by atoms with Crippen molar-refractivity contribution in [3.63, 3.8) is 0 Å². The number of likely N-dealkylation sites (tertiary alicyclic amines) is 1. The number of nitrogens with zero attached hydrogens (tertiary/aromatic N) is 1. The molecule has 0 aliphatic carbocycles. The molecule has 0 aromatic rings. The lowest BCUT2D eigenvalue weighted by Gasteiger charge is -2.44. The summed E-state index contributed by atoms with van der Waals surface area (Å²) in [6, 6.07) is -0.243. The first-order chi connectivity index (χ1) is 8.40. The van der Waals surface area contributed by atoms with Crippen LogP contribution in [0, 0.1) is 11.8 Å². The Hall–Kier alpha value is -1.10. The van der Waals surface area contributed by atoms with E-state index >= 15 is 0 Å². The van der Waals surface area contributed by atoms with Crippen LogP contribution in [0.2, 0.25) is 0 Å². The van der Waals surface area contributed by atoms with E-state index in [1.165, 1.54) is 0 Å². The largest absolute Gasteiger partial charge is 0.481 e. The van der Waals surface area contributed by atoms with E-state index in [9.17, 15) is 14.7 Å². The highest BCUT2D eigenvalue weighted by atomic mass is 16.5. The minimum Gasteiger partial charge on any atom is -0.481 e. The molecule has 1 heterocycles. The number of piperidine rings is 1. The smallest absolute Gasteiger partial charge is 0.308 e. The first kappa shape index (κ1) is 15.0. The Labute approximate surface area is 108 Å². The van der Waals surface area contributed by atoms with Crippen molar-refractivity contribution >= 4 is 11.9 Å². The maximum atomic E-state index is 12.1. The van der Waals surface area contributed by atoms with Gasteiger partial charge in [0.15, 0.2) is 0 Å². The van der Waals surface area contributed by atoms with Gasteiger partial charge in [0, 0.05) is 32.2 Å². The predicted octanol–water partition coefficient (Wildman–Crippen LogP) is 1.37. The average Bonchev–Trinajstić information content (AvgIpc) is 2.24. The van der Waals surface area contributed by atoms with Crippen molar-refractivity contribution in [3.05, 3.63) is 0 Å². The molecule has 4 unspecified atom stereocenters. The number of rotatable bonds is 5. The summed E-state index contributed by atoms with van der Waals surface area (Å²) in [5.74, 6) is -1.34. The number of hydrogen-bond donors (Lipinski definition) is 1. The van der Waals surface area contributed by atoms with Gasteiger partial charge in [-0.1, -0.05) is 6.92 Å². The molecular formula is C13H23NO4. The zero-order valence-electron chi connectivity index (χ0n) is 11.5. The Morgan fingerprint density at radius 3 is 2.67 bits per heavy atom. The lowest BCUT2D eigenvalue weighted by molar-refractivity contribution is -0.156. The molecule has 0 saturated carbocycles. The highest BCUT2D eigenvalue weighted by Gasteiger charge is 2.43. The topological polar surface area (TPSA) is 66.8 Å². The summed E-state index contributed by atoms with van der Waals surface area (Å²) in [5.41, 5.74) is 0. The fraction of sp³-hybridized carbons (Fsp3) is 0.846. The van der Waals surface area contributed by atoms with Crippen LogP contribution in [0.15, 0.2) is 0 Å². The third kappa shape index (κ3) is 3.02. The fourth-order valence-electron chi connectivity index (χ4n) is 2.91. The maximum absolute atomic E-state index is 12.1. The van der Waals surface area contributed by atoms with Gasteiger partial charge in [-0.15, -0.1) is 0 Å². The lowest BCUT2D eigenvalue weighted by Crippen LogP contribution is -2.56. The molecule has 0 spiro atoms. The van der Waals surface area contributed by atoms with Crippen molar-refractivity contribution in [1.82, 2.24) is 4.90 Å². The van der Waals surface area contributed by atoms with Crippen LogP contribution in [-0.2, 0) is 14.3 Å². The summed E-state index contributed by atoms with van der Waals surface area (Å²) < 4.78 is 5.01. The number of amides is 1. The molecule has 1 fully saturated rings. The second-order valence-corrected chi connectivity index (χ2v) is 5.22. The van der Waals surface area contributed by atoms with Crippen molar-refractivity contribution in [2.24, 2.45) is 11.8 Å². The summed E-state index contributed by atoms with van der Waals surface area (Å²) in [5, 5.41) is 9.28. The molecule has 1 amide bonds. The summed E-state index contributed by atoms with van der Waals surface area (Å²) in [6.07, 6.45) is 1.05. The third-order valence-electron chi connectivity index (χ3n) is 3.86. The van der Waals surface area contributed by atoms with Gasteiger partial charge in [-0.05, 0) is 26.2 Å². The van der Waals surface area contributed by atoms with Gasteiger partial charge in [-0.3, -0.25) is 9.59 Å². The van der Waals surface area contributed by atoms with Gasteiger partial charge in [-0.2, -0.15) is 0 Å². The van der Waals surface area contributed by atoms with E-state index in [1.807, 2.05) is 20.8 Å². The maximum Gasteiger partial charge on any atom is 0.308 e. The van der Waals surface area contributed by atoms with Crippen molar-refractivity contribution in [1.29, 1.82) is 0 Å². The number of carboxylic acids is 1. The standard InChI is InChI=1S/C13H23NO4/c1-8-7-11(15)14(9(2)5-6-18-4)10(3)12(8)13(16)17/h8-10,12H,5-7H2,1-4H3,(H,16,17). The van der Waals surface area contributed by atoms with Crippen LogP contribution in [0.5, 0.6) is 0 Å². The first-order valence-electron chi connectivity index (χ1n) is 6.43. The van der Waals surface area contributed by atoms with Crippen molar-refractivity contribution in [2.75, 3.05) is 13.7 Å². The first-order valence-corrected chi connectivity index (χ1v) is 6.43.